The minimum atomic E-state index is -0.880. The van der Waals surface area contributed by atoms with Gasteiger partial charge >= 0.3 is 5.97 Å². The SMILES string of the molecule is CCCC(CC(=O)N1CCc2ccc(C)cc2C1c1ccccc1)C(=O)O. The lowest BCUT2D eigenvalue weighted by molar-refractivity contribution is -0.146. The van der Waals surface area contributed by atoms with E-state index in [0.29, 0.717) is 13.0 Å². The molecule has 0 aliphatic carbocycles. The molecule has 1 heterocycles. The van der Waals surface area contributed by atoms with E-state index in [4.69, 9.17) is 0 Å². The predicted molar refractivity (Wildman–Crippen MR) is 106 cm³/mol. The van der Waals surface area contributed by atoms with E-state index in [1.165, 1.54) is 11.1 Å². The zero-order valence-corrected chi connectivity index (χ0v) is 16.0. The number of benzene rings is 2. The van der Waals surface area contributed by atoms with Crippen LogP contribution < -0.4 is 0 Å². The summed E-state index contributed by atoms with van der Waals surface area (Å²) >= 11 is 0. The summed E-state index contributed by atoms with van der Waals surface area (Å²) in [7, 11) is 0. The molecule has 0 aromatic heterocycles. The average molecular weight is 365 g/mol. The minimum absolute atomic E-state index is 0.0632. The third-order valence-electron chi connectivity index (χ3n) is 5.37. The van der Waals surface area contributed by atoms with Crippen molar-refractivity contribution in [3.63, 3.8) is 0 Å². The van der Waals surface area contributed by atoms with Gasteiger partial charge in [-0.3, -0.25) is 9.59 Å². The van der Waals surface area contributed by atoms with Gasteiger partial charge in [0.1, 0.15) is 0 Å². The van der Waals surface area contributed by atoms with Crippen LogP contribution in [0.5, 0.6) is 0 Å². The lowest BCUT2D eigenvalue weighted by Crippen LogP contribution is -2.41. The molecule has 2 unspecified atom stereocenters. The zero-order chi connectivity index (χ0) is 19.4. The molecule has 1 aliphatic rings. The first-order valence-electron chi connectivity index (χ1n) is 9.68. The summed E-state index contributed by atoms with van der Waals surface area (Å²) in [5.74, 6) is -1.57. The molecule has 1 aliphatic heterocycles. The monoisotopic (exact) mass is 365 g/mol. The normalized spacial score (nSPS) is 17.3. The molecule has 1 N–H and O–H groups in total. The molecule has 2 aromatic carbocycles. The molecule has 2 atom stereocenters. The Morgan fingerprint density at radius 3 is 2.59 bits per heavy atom. The molecule has 142 valence electrons. The van der Waals surface area contributed by atoms with Gasteiger partial charge in [0.15, 0.2) is 0 Å². The third-order valence-corrected chi connectivity index (χ3v) is 5.37. The Morgan fingerprint density at radius 1 is 1.19 bits per heavy atom. The van der Waals surface area contributed by atoms with Crippen molar-refractivity contribution in [3.8, 4) is 0 Å². The van der Waals surface area contributed by atoms with Gasteiger partial charge < -0.3 is 10.0 Å². The number of carboxylic acids is 1. The standard InChI is InChI=1S/C23H27NO3/c1-3-7-19(23(26)27)15-21(25)24-13-12-17-11-10-16(2)14-20(17)22(24)18-8-5-4-6-9-18/h4-6,8-11,14,19,22H,3,7,12-13,15H2,1-2H3,(H,26,27). The Kier molecular flexibility index (Phi) is 5.94. The summed E-state index contributed by atoms with van der Waals surface area (Å²) in [4.78, 5) is 26.5. The van der Waals surface area contributed by atoms with Crippen LogP contribution in [0.4, 0.5) is 0 Å². The number of rotatable bonds is 6. The quantitative estimate of drug-likeness (QED) is 0.827. The van der Waals surface area contributed by atoms with Gasteiger partial charge in [0.2, 0.25) is 5.91 Å². The van der Waals surface area contributed by atoms with Crippen molar-refractivity contribution < 1.29 is 14.7 Å². The van der Waals surface area contributed by atoms with Crippen LogP contribution in [0.25, 0.3) is 0 Å². The maximum Gasteiger partial charge on any atom is 0.307 e. The topological polar surface area (TPSA) is 57.6 Å². The van der Waals surface area contributed by atoms with Crippen LogP contribution in [0.15, 0.2) is 48.5 Å². The summed E-state index contributed by atoms with van der Waals surface area (Å²) in [6.07, 6.45) is 2.15. The molecule has 0 spiro atoms. The van der Waals surface area contributed by atoms with E-state index in [1.54, 1.807) is 0 Å². The number of fused-ring (bicyclic) bond motifs is 1. The van der Waals surface area contributed by atoms with Crippen LogP contribution in [-0.2, 0) is 16.0 Å². The van der Waals surface area contributed by atoms with Gasteiger partial charge in [0.05, 0.1) is 12.0 Å². The van der Waals surface area contributed by atoms with E-state index < -0.39 is 11.9 Å². The van der Waals surface area contributed by atoms with Gasteiger partial charge in [0, 0.05) is 13.0 Å². The first-order chi connectivity index (χ1) is 13.0. The van der Waals surface area contributed by atoms with Crippen LogP contribution in [0, 0.1) is 12.8 Å². The molecule has 2 aromatic rings. The molecule has 4 nitrogen and oxygen atoms in total. The first kappa shape index (κ1) is 19.2. The molecule has 0 fully saturated rings. The number of carbonyl (C=O) groups excluding carboxylic acids is 1. The molecule has 1 amide bonds. The van der Waals surface area contributed by atoms with Gasteiger partial charge in [-0.05, 0) is 36.5 Å². The van der Waals surface area contributed by atoms with Gasteiger partial charge in [-0.15, -0.1) is 0 Å². The van der Waals surface area contributed by atoms with Crippen molar-refractivity contribution in [2.45, 2.75) is 45.6 Å². The second kappa shape index (κ2) is 8.38. The number of aryl methyl sites for hydroxylation is 1. The number of nitrogens with zero attached hydrogens (tertiary/aromatic N) is 1. The van der Waals surface area contributed by atoms with Crippen molar-refractivity contribution in [1.82, 2.24) is 4.90 Å². The van der Waals surface area contributed by atoms with E-state index in [0.717, 1.165) is 24.0 Å². The maximum absolute atomic E-state index is 13.1. The smallest absolute Gasteiger partial charge is 0.307 e. The zero-order valence-electron chi connectivity index (χ0n) is 16.0. The molecule has 0 radical (unpaired) electrons. The van der Waals surface area contributed by atoms with E-state index in [9.17, 15) is 14.7 Å². The highest BCUT2D eigenvalue weighted by Crippen LogP contribution is 2.36. The highest BCUT2D eigenvalue weighted by atomic mass is 16.4. The fraction of sp³-hybridized carbons (Fsp3) is 0.391. The highest BCUT2D eigenvalue weighted by molar-refractivity contribution is 5.83. The molecule has 4 heteroatoms. The van der Waals surface area contributed by atoms with Crippen LogP contribution in [0.2, 0.25) is 0 Å². The maximum atomic E-state index is 13.1. The number of amides is 1. The van der Waals surface area contributed by atoms with Gasteiger partial charge in [-0.1, -0.05) is 67.4 Å². The molecular formula is C23H27NO3. The van der Waals surface area contributed by atoms with Crippen LogP contribution in [-0.4, -0.2) is 28.4 Å². The molecule has 3 rings (SSSR count). The van der Waals surface area contributed by atoms with E-state index in [-0.39, 0.29) is 18.4 Å². The summed E-state index contributed by atoms with van der Waals surface area (Å²) in [5.41, 5.74) is 4.66. The Hall–Kier alpha value is -2.62. The lowest BCUT2D eigenvalue weighted by Gasteiger charge is -2.38. The minimum Gasteiger partial charge on any atom is -0.481 e. The Labute approximate surface area is 160 Å². The van der Waals surface area contributed by atoms with Gasteiger partial charge in [-0.2, -0.15) is 0 Å². The average Bonchev–Trinajstić information content (AvgIpc) is 2.67. The number of aliphatic carboxylic acids is 1. The summed E-state index contributed by atoms with van der Waals surface area (Å²) in [6.45, 7) is 4.63. The lowest BCUT2D eigenvalue weighted by atomic mass is 9.86. The summed E-state index contributed by atoms with van der Waals surface area (Å²) in [5, 5.41) is 9.46. The highest BCUT2D eigenvalue weighted by Gasteiger charge is 2.33. The largest absolute Gasteiger partial charge is 0.481 e. The van der Waals surface area contributed by atoms with E-state index in [2.05, 4.69) is 25.1 Å². The Bertz CT molecular complexity index is 816. The molecule has 27 heavy (non-hydrogen) atoms. The number of carbonyl (C=O) groups is 2. The van der Waals surface area contributed by atoms with E-state index in [1.807, 2.05) is 42.2 Å². The van der Waals surface area contributed by atoms with Gasteiger partial charge in [0.25, 0.3) is 0 Å². The fourth-order valence-corrected chi connectivity index (χ4v) is 3.99. The van der Waals surface area contributed by atoms with Crippen molar-refractivity contribution >= 4 is 11.9 Å². The Balaban J connectivity index is 1.96. The molecule has 0 bridgehead atoms. The summed E-state index contributed by atoms with van der Waals surface area (Å²) in [6, 6.07) is 16.3. The number of hydrogen-bond donors (Lipinski definition) is 1. The predicted octanol–water partition coefficient (Wildman–Crippen LogP) is 4.36. The molecule has 0 saturated carbocycles. The van der Waals surface area contributed by atoms with Crippen molar-refractivity contribution in [1.29, 1.82) is 0 Å². The number of hydrogen-bond acceptors (Lipinski definition) is 2. The second-order valence-corrected chi connectivity index (χ2v) is 7.38. The van der Waals surface area contributed by atoms with Crippen molar-refractivity contribution in [2.24, 2.45) is 5.92 Å². The van der Waals surface area contributed by atoms with Crippen molar-refractivity contribution in [2.75, 3.05) is 6.54 Å². The second-order valence-electron chi connectivity index (χ2n) is 7.38. The third kappa shape index (κ3) is 4.21. The van der Waals surface area contributed by atoms with Crippen LogP contribution in [0.1, 0.15) is 54.5 Å². The van der Waals surface area contributed by atoms with Crippen LogP contribution >= 0.6 is 0 Å². The molecular weight excluding hydrogens is 338 g/mol. The van der Waals surface area contributed by atoms with Crippen LogP contribution in [0.3, 0.4) is 0 Å². The van der Waals surface area contributed by atoms with Gasteiger partial charge in [-0.25, -0.2) is 0 Å². The molecule has 0 saturated heterocycles. The fourth-order valence-electron chi connectivity index (χ4n) is 3.99. The van der Waals surface area contributed by atoms with E-state index >= 15 is 0 Å². The first-order valence-corrected chi connectivity index (χ1v) is 9.68. The summed E-state index contributed by atoms with van der Waals surface area (Å²) < 4.78 is 0. The Morgan fingerprint density at radius 2 is 1.93 bits per heavy atom. The van der Waals surface area contributed by atoms with Crippen molar-refractivity contribution in [3.05, 3.63) is 70.8 Å². The number of carboxylic acid groups (broad SMARTS) is 1.